The molecular weight excluding hydrogens is 316 g/mol. The lowest BCUT2D eigenvalue weighted by molar-refractivity contribution is -0.106. The standard InChI is InChI=1S/C21H32O4/c1-20-10-8-14(22)12-13(20)4-5-15-16-6-7-18(25-19(23)24-3)21(16,2)11-9-17(15)20/h8,10,13-18,22H,4-7,9,11-12H2,1-3H3/t13-,14-,15-,16-,17-,18-,20-,21-/m0/s1. The van der Waals surface area contributed by atoms with Crippen LogP contribution in [0.2, 0.25) is 0 Å². The van der Waals surface area contributed by atoms with Crippen molar-refractivity contribution in [2.75, 3.05) is 7.11 Å². The van der Waals surface area contributed by atoms with E-state index in [0.29, 0.717) is 23.7 Å². The summed E-state index contributed by atoms with van der Waals surface area (Å²) in [5.74, 6) is 2.66. The van der Waals surface area contributed by atoms with Crippen molar-refractivity contribution in [2.24, 2.45) is 34.5 Å². The summed E-state index contributed by atoms with van der Waals surface area (Å²) >= 11 is 0. The molecule has 1 N–H and O–H groups in total. The van der Waals surface area contributed by atoms with E-state index in [1.807, 2.05) is 6.08 Å². The molecule has 4 heteroatoms. The van der Waals surface area contributed by atoms with Crippen LogP contribution in [0.15, 0.2) is 12.2 Å². The lowest BCUT2D eigenvalue weighted by atomic mass is 9.46. The van der Waals surface area contributed by atoms with Crippen LogP contribution in [0.25, 0.3) is 0 Å². The van der Waals surface area contributed by atoms with E-state index < -0.39 is 6.16 Å². The molecule has 25 heavy (non-hydrogen) atoms. The van der Waals surface area contributed by atoms with Crippen LogP contribution in [0.1, 0.15) is 58.8 Å². The number of hydrogen-bond acceptors (Lipinski definition) is 4. The van der Waals surface area contributed by atoms with E-state index in [4.69, 9.17) is 9.47 Å². The first-order chi connectivity index (χ1) is 11.9. The molecule has 3 fully saturated rings. The molecule has 0 heterocycles. The second kappa shape index (κ2) is 6.00. The Morgan fingerprint density at radius 1 is 1.12 bits per heavy atom. The molecule has 0 bridgehead atoms. The number of methoxy groups -OCH3 is 1. The van der Waals surface area contributed by atoms with Gasteiger partial charge in [0.15, 0.2) is 0 Å². The van der Waals surface area contributed by atoms with E-state index in [9.17, 15) is 9.90 Å². The maximum Gasteiger partial charge on any atom is 0.508 e. The first-order valence-electron chi connectivity index (χ1n) is 10.0. The molecule has 3 saturated carbocycles. The molecule has 4 aliphatic rings. The van der Waals surface area contributed by atoms with E-state index in [0.717, 1.165) is 25.7 Å². The molecular formula is C21H32O4. The highest BCUT2D eigenvalue weighted by Gasteiger charge is 2.60. The van der Waals surface area contributed by atoms with Crippen molar-refractivity contribution in [2.45, 2.75) is 71.0 Å². The first kappa shape index (κ1) is 17.4. The Bertz CT molecular complexity index is 572. The minimum absolute atomic E-state index is 0.000139. The highest BCUT2D eigenvalue weighted by Crippen LogP contribution is 2.65. The van der Waals surface area contributed by atoms with Gasteiger partial charge in [0, 0.05) is 5.41 Å². The number of hydrogen-bond donors (Lipinski definition) is 1. The molecule has 0 saturated heterocycles. The number of aliphatic hydroxyl groups is 1. The summed E-state index contributed by atoms with van der Waals surface area (Å²) in [7, 11) is 1.39. The number of allylic oxidation sites excluding steroid dienone is 1. The van der Waals surface area contributed by atoms with E-state index in [2.05, 4.69) is 19.9 Å². The molecule has 140 valence electrons. The average molecular weight is 348 g/mol. The van der Waals surface area contributed by atoms with E-state index in [1.165, 1.54) is 26.4 Å². The van der Waals surface area contributed by atoms with Crippen molar-refractivity contribution in [1.29, 1.82) is 0 Å². The van der Waals surface area contributed by atoms with Gasteiger partial charge in [-0.25, -0.2) is 4.79 Å². The Labute approximate surface area is 151 Å². The van der Waals surface area contributed by atoms with Crippen molar-refractivity contribution >= 4 is 6.16 Å². The number of carbonyl (C=O) groups is 1. The van der Waals surface area contributed by atoms with E-state index >= 15 is 0 Å². The topological polar surface area (TPSA) is 55.8 Å². The summed E-state index contributed by atoms with van der Waals surface area (Å²) < 4.78 is 10.4. The van der Waals surface area contributed by atoms with Crippen LogP contribution in [0, 0.1) is 34.5 Å². The minimum atomic E-state index is -0.533. The number of carbonyl (C=O) groups excluding carboxylic acids is 1. The minimum Gasteiger partial charge on any atom is -0.438 e. The predicted octanol–water partition coefficient (Wildman–Crippen LogP) is 4.32. The monoisotopic (exact) mass is 348 g/mol. The third-order valence-electron chi connectivity index (χ3n) is 8.49. The van der Waals surface area contributed by atoms with Gasteiger partial charge in [-0.2, -0.15) is 0 Å². The van der Waals surface area contributed by atoms with E-state index in [-0.39, 0.29) is 23.0 Å². The van der Waals surface area contributed by atoms with Crippen molar-refractivity contribution in [3.63, 3.8) is 0 Å². The van der Waals surface area contributed by atoms with E-state index in [1.54, 1.807) is 0 Å². The largest absolute Gasteiger partial charge is 0.508 e. The fraction of sp³-hybridized carbons (Fsp3) is 0.857. The number of fused-ring (bicyclic) bond motifs is 5. The lowest BCUT2D eigenvalue weighted by Gasteiger charge is -2.59. The molecule has 4 aliphatic carbocycles. The average Bonchev–Trinajstić information content (AvgIpc) is 2.92. The Kier molecular flexibility index (Phi) is 4.18. The fourth-order valence-electron chi connectivity index (χ4n) is 7.10. The van der Waals surface area contributed by atoms with Gasteiger partial charge in [-0.3, -0.25) is 0 Å². The van der Waals surface area contributed by atoms with Crippen LogP contribution in [0.3, 0.4) is 0 Å². The van der Waals surface area contributed by atoms with Gasteiger partial charge in [0.25, 0.3) is 0 Å². The van der Waals surface area contributed by atoms with Gasteiger partial charge >= 0.3 is 6.16 Å². The summed E-state index contributed by atoms with van der Waals surface area (Å²) in [6, 6.07) is 0. The normalized spacial score (nSPS) is 51.2. The molecule has 0 aromatic rings. The Morgan fingerprint density at radius 2 is 1.92 bits per heavy atom. The zero-order valence-corrected chi connectivity index (χ0v) is 15.7. The summed E-state index contributed by atoms with van der Waals surface area (Å²) in [6.45, 7) is 4.76. The van der Waals surface area contributed by atoms with Crippen molar-refractivity contribution in [3.8, 4) is 0 Å². The molecule has 0 aromatic carbocycles. The number of rotatable bonds is 1. The van der Waals surface area contributed by atoms with Gasteiger partial charge < -0.3 is 14.6 Å². The second-order valence-corrected chi connectivity index (χ2v) is 9.36. The molecule has 0 spiro atoms. The van der Waals surface area contributed by atoms with Crippen molar-refractivity contribution in [3.05, 3.63) is 12.2 Å². The summed E-state index contributed by atoms with van der Waals surface area (Å²) in [6.07, 6.45) is 11.4. The van der Waals surface area contributed by atoms with Crippen molar-refractivity contribution in [1.82, 2.24) is 0 Å². The zero-order valence-electron chi connectivity index (χ0n) is 15.7. The van der Waals surface area contributed by atoms with Gasteiger partial charge in [0.1, 0.15) is 6.10 Å². The molecule has 4 rings (SSSR count). The molecule has 4 nitrogen and oxygen atoms in total. The zero-order chi connectivity index (χ0) is 17.8. The van der Waals surface area contributed by atoms with Crippen LogP contribution < -0.4 is 0 Å². The maximum atomic E-state index is 11.7. The maximum absolute atomic E-state index is 11.7. The van der Waals surface area contributed by atoms with Crippen LogP contribution in [-0.2, 0) is 9.47 Å². The lowest BCUT2D eigenvalue weighted by Crippen LogP contribution is -2.53. The smallest absolute Gasteiger partial charge is 0.438 e. The molecule has 0 amide bonds. The molecule has 8 atom stereocenters. The SMILES string of the molecule is COC(=O)O[C@H]1CC[C@H]2[C@@H]3CC[C@H]4C[C@@H](O)C=C[C@]4(C)[C@H]3CC[C@]12C. The van der Waals surface area contributed by atoms with Gasteiger partial charge in [0.2, 0.25) is 0 Å². The van der Waals surface area contributed by atoms with Gasteiger partial charge in [-0.1, -0.05) is 26.0 Å². The number of ether oxygens (including phenoxy) is 2. The Hall–Kier alpha value is -1.03. The molecule has 0 aromatic heterocycles. The van der Waals surface area contributed by atoms with Crippen LogP contribution in [0.4, 0.5) is 4.79 Å². The van der Waals surface area contributed by atoms with Crippen LogP contribution in [-0.4, -0.2) is 30.6 Å². The van der Waals surface area contributed by atoms with Gasteiger partial charge in [-0.05, 0) is 74.0 Å². The Balaban J connectivity index is 1.58. The van der Waals surface area contributed by atoms with Gasteiger partial charge in [-0.15, -0.1) is 0 Å². The predicted molar refractivity (Wildman–Crippen MR) is 94.9 cm³/mol. The third kappa shape index (κ3) is 2.55. The summed E-state index contributed by atoms with van der Waals surface area (Å²) in [5.41, 5.74) is 0.321. The van der Waals surface area contributed by atoms with Crippen LogP contribution >= 0.6 is 0 Å². The molecule has 0 radical (unpaired) electrons. The fourth-order valence-corrected chi connectivity index (χ4v) is 7.10. The first-order valence-corrected chi connectivity index (χ1v) is 10.0. The van der Waals surface area contributed by atoms with Crippen molar-refractivity contribution < 1.29 is 19.4 Å². The third-order valence-corrected chi connectivity index (χ3v) is 8.49. The summed E-state index contributed by atoms with van der Waals surface area (Å²) in [5, 5.41) is 10.0. The second-order valence-electron chi connectivity index (χ2n) is 9.36. The summed E-state index contributed by atoms with van der Waals surface area (Å²) in [4.78, 5) is 11.7. The molecule has 0 unspecified atom stereocenters. The number of aliphatic hydroxyl groups excluding tert-OH is 1. The highest BCUT2D eigenvalue weighted by atomic mass is 16.7. The molecule has 0 aliphatic heterocycles. The van der Waals surface area contributed by atoms with Crippen LogP contribution in [0.5, 0.6) is 0 Å². The quantitative estimate of drug-likeness (QED) is 0.566. The Morgan fingerprint density at radius 3 is 2.68 bits per heavy atom. The van der Waals surface area contributed by atoms with Gasteiger partial charge in [0.05, 0.1) is 13.2 Å². The highest BCUT2D eigenvalue weighted by molar-refractivity contribution is 5.60.